The lowest BCUT2D eigenvalue weighted by Gasteiger charge is -2.62. The van der Waals surface area contributed by atoms with Crippen molar-refractivity contribution in [2.45, 2.75) is 68.0 Å². The van der Waals surface area contributed by atoms with Crippen LogP contribution < -0.4 is 0 Å². The largest absolute Gasteiger partial charge is 0.325 e. The van der Waals surface area contributed by atoms with E-state index >= 15 is 0 Å². The topological polar surface area (TPSA) is 0 Å². The van der Waals surface area contributed by atoms with Crippen LogP contribution in [0.15, 0.2) is 11.6 Å². The summed E-state index contributed by atoms with van der Waals surface area (Å²) in [7, 11) is 0. The molecular weight excluding hydrogens is 336 g/mol. The predicted molar refractivity (Wildman–Crippen MR) is 73.6 cm³/mol. The smallest absolute Gasteiger partial charge is 0.199 e. The third-order valence-electron chi connectivity index (χ3n) is 5.94. The number of alkyl halides is 5. The maximum absolute atomic E-state index is 14.7. The summed E-state index contributed by atoms with van der Waals surface area (Å²) in [5.41, 5.74) is -0.322. The molecule has 2 bridgehead atoms. The van der Waals surface area contributed by atoms with Crippen molar-refractivity contribution < 1.29 is 17.6 Å². The van der Waals surface area contributed by atoms with Crippen molar-refractivity contribution in [1.82, 2.24) is 0 Å². The van der Waals surface area contributed by atoms with Gasteiger partial charge in [0.05, 0.1) is 4.32 Å². The van der Waals surface area contributed by atoms with E-state index in [0.29, 0.717) is 12.8 Å². The summed E-state index contributed by atoms with van der Waals surface area (Å²) in [6, 6.07) is 0. The molecule has 0 heterocycles. The molecule has 4 aliphatic rings. The monoisotopic (exact) mass is 354 g/mol. The molecule has 0 N–H and O–H groups in total. The van der Waals surface area contributed by atoms with Gasteiger partial charge in [-0.1, -0.05) is 27.6 Å². The van der Waals surface area contributed by atoms with Crippen molar-refractivity contribution >= 4 is 15.9 Å². The molecule has 1 atom stereocenters. The van der Waals surface area contributed by atoms with Gasteiger partial charge >= 0.3 is 11.8 Å². The molecule has 3 fully saturated rings. The highest BCUT2D eigenvalue weighted by Gasteiger charge is 2.81. The summed E-state index contributed by atoms with van der Waals surface area (Å²) in [6.45, 7) is 1.98. The Morgan fingerprint density at radius 1 is 1.05 bits per heavy atom. The van der Waals surface area contributed by atoms with E-state index in [1.54, 1.807) is 0 Å². The van der Waals surface area contributed by atoms with Gasteiger partial charge in [-0.05, 0) is 57.8 Å². The summed E-state index contributed by atoms with van der Waals surface area (Å²) in [5.74, 6) is -8.18. The fraction of sp³-hybridized carbons (Fsp3) is 0.867. The van der Waals surface area contributed by atoms with Crippen LogP contribution in [-0.2, 0) is 0 Å². The van der Waals surface area contributed by atoms with Crippen LogP contribution in [0.25, 0.3) is 0 Å². The minimum atomic E-state index is -3.95. The molecule has 0 radical (unpaired) electrons. The van der Waals surface area contributed by atoms with Crippen LogP contribution in [0.4, 0.5) is 17.6 Å². The average Bonchev–Trinajstić information content (AvgIpc) is 2.39. The van der Waals surface area contributed by atoms with Gasteiger partial charge in [0.1, 0.15) is 0 Å². The average molecular weight is 355 g/mol. The van der Waals surface area contributed by atoms with Crippen LogP contribution in [0, 0.1) is 11.3 Å². The molecule has 0 aromatic carbocycles. The molecule has 0 spiro atoms. The normalized spacial score (nSPS) is 46.1. The number of allylic oxidation sites excluding steroid dienone is 2. The Morgan fingerprint density at radius 3 is 2.15 bits per heavy atom. The minimum Gasteiger partial charge on any atom is -0.199 e. The molecule has 0 aromatic heterocycles. The van der Waals surface area contributed by atoms with E-state index in [1.165, 1.54) is 5.57 Å². The summed E-state index contributed by atoms with van der Waals surface area (Å²) < 4.78 is 56.3. The second-order valence-corrected chi connectivity index (χ2v) is 8.31. The Morgan fingerprint density at radius 2 is 1.65 bits per heavy atom. The first-order chi connectivity index (χ1) is 9.16. The fourth-order valence-corrected chi connectivity index (χ4v) is 5.09. The van der Waals surface area contributed by atoms with Gasteiger partial charge < -0.3 is 0 Å². The van der Waals surface area contributed by atoms with E-state index in [1.807, 2.05) is 13.0 Å². The van der Waals surface area contributed by atoms with Gasteiger partial charge in [-0.15, -0.1) is 0 Å². The van der Waals surface area contributed by atoms with E-state index in [2.05, 4.69) is 15.9 Å². The number of halogens is 5. The van der Waals surface area contributed by atoms with Crippen molar-refractivity contribution in [3.63, 3.8) is 0 Å². The Kier molecular flexibility index (Phi) is 3.15. The van der Waals surface area contributed by atoms with Crippen LogP contribution in [0.2, 0.25) is 0 Å². The molecule has 0 amide bonds. The van der Waals surface area contributed by atoms with Gasteiger partial charge in [0.15, 0.2) is 0 Å². The third-order valence-corrected chi connectivity index (χ3v) is 7.23. The van der Waals surface area contributed by atoms with Crippen LogP contribution in [0.5, 0.6) is 0 Å². The summed E-state index contributed by atoms with van der Waals surface area (Å²) in [5, 5.41) is 0. The highest BCUT2D eigenvalue weighted by molar-refractivity contribution is 9.10. The standard InChI is InChI=1S/C15H19BrF4/c1-10-2-4-11(5-3-10)12-6-8-13(16,9-7-12)15(19,20)14(12,17)18/h2,11H,3-9H2,1H3. The van der Waals surface area contributed by atoms with Gasteiger partial charge in [-0.25, -0.2) is 0 Å². The SMILES string of the molecule is CC1=CCC(C23CCC(Br)(CC2)C(F)(F)C3(F)F)CC1. The molecular formula is C15H19BrF4. The first-order valence-electron chi connectivity index (χ1n) is 7.26. The van der Waals surface area contributed by atoms with Crippen LogP contribution in [-0.4, -0.2) is 16.2 Å². The number of rotatable bonds is 1. The second kappa shape index (κ2) is 4.23. The zero-order valence-corrected chi connectivity index (χ0v) is 13.1. The third kappa shape index (κ3) is 1.59. The Labute approximate surface area is 125 Å². The van der Waals surface area contributed by atoms with Gasteiger partial charge in [-0.2, -0.15) is 17.6 Å². The van der Waals surface area contributed by atoms with E-state index in [9.17, 15) is 17.6 Å². The Hall–Kier alpha value is -0.0600. The molecule has 0 saturated heterocycles. The van der Waals surface area contributed by atoms with E-state index < -0.39 is 21.6 Å². The fourth-order valence-electron chi connectivity index (χ4n) is 4.45. The Bertz CT molecular complexity index is 447. The maximum atomic E-state index is 14.7. The van der Waals surface area contributed by atoms with E-state index in [0.717, 1.165) is 6.42 Å². The highest BCUT2D eigenvalue weighted by Crippen LogP contribution is 2.72. The summed E-state index contributed by atoms with van der Waals surface area (Å²) in [4.78, 5) is 0. The van der Waals surface area contributed by atoms with Crippen molar-refractivity contribution in [3.05, 3.63) is 11.6 Å². The molecule has 0 aromatic rings. The number of hydrogen-bond acceptors (Lipinski definition) is 0. The first kappa shape index (κ1) is 14.9. The lowest BCUT2D eigenvalue weighted by atomic mass is 9.50. The lowest BCUT2D eigenvalue weighted by Crippen LogP contribution is -2.72. The molecule has 20 heavy (non-hydrogen) atoms. The molecule has 3 saturated carbocycles. The molecule has 4 aliphatic carbocycles. The van der Waals surface area contributed by atoms with Crippen molar-refractivity contribution in [2.75, 3.05) is 0 Å². The van der Waals surface area contributed by atoms with Gasteiger partial charge in [0, 0.05) is 5.41 Å². The van der Waals surface area contributed by atoms with Crippen LogP contribution >= 0.6 is 15.9 Å². The second-order valence-electron chi connectivity index (χ2n) is 6.79. The zero-order chi connectivity index (χ0) is 14.8. The first-order valence-corrected chi connectivity index (χ1v) is 8.06. The van der Waals surface area contributed by atoms with Crippen molar-refractivity contribution in [1.29, 1.82) is 0 Å². The van der Waals surface area contributed by atoms with Crippen molar-refractivity contribution in [3.8, 4) is 0 Å². The summed E-state index contributed by atoms with van der Waals surface area (Å²) >= 11 is 2.95. The van der Waals surface area contributed by atoms with Crippen molar-refractivity contribution in [2.24, 2.45) is 11.3 Å². The van der Waals surface area contributed by atoms with Crippen LogP contribution in [0.1, 0.15) is 51.9 Å². The highest BCUT2D eigenvalue weighted by atomic mass is 79.9. The summed E-state index contributed by atoms with van der Waals surface area (Å²) in [6.07, 6.45) is 4.56. The molecule has 0 nitrogen and oxygen atoms in total. The van der Waals surface area contributed by atoms with E-state index in [-0.39, 0.29) is 31.6 Å². The predicted octanol–water partition coefficient (Wildman–Crippen LogP) is 5.71. The van der Waals surface area contributed by atoms with E-state index in [4.69, 9.17) is 0 Å². The number of hydrogen-bond donors (Lipinski definition) is 0. The van der Waals surface area contributed by atoms with Gasteiger partial charge in [0.2, 0.25) is 0 Å². The molecule has 1 unspecified atom stereocenters. The maximum Gasteiger partial charge on any atom is 0.325 e. The quantitative estimate of drug-likeness (QED) is 0.321. The minimum absolute atomic E-state index is 0.148. The van der Waals surface area contributed by atoms with Crippen LogP contribution in [0.3, 0.4) is 0 Å². The zero-order valence-electron chi connectivity index (χ0n) is 11.5. The molecule has 114 valence electrons. The lowest BCUT2D eigenvalue weighted by molar-refractivity contribution is -0.337. The Balaban J connectivity index is 2.01. The van der Waals surface area contributed by atoms with Gasteiger partial charge in [0.25, 0.3) is 0 Å². The molecule has 5 heteroatoms. The molecule has 4 rings (SSSR count). The number of fused-ring (bicyclic) bond motifs is 3. The molecule has 0 aliphatic heterocycles. The van der Waals surface area contributed by atoms with Gasteiger partial charge in [-0.3, -0.25) is 0 Å².